The second kappa shape index (κ2) is 16.6. The van der Waals surface area contributed by atoms with Crippen LogP contribution < -0.4 is 16.4 Å². The molecule has 13 heteroatoms. The lowest BCUT2D eigenvalue weighted by atomic mass is 9.81. The van der Waals surface area contributed by atoms with Crippen molar-refractivity contribution in [2.24, 2.45) is 17.6 Å². The van der Waals surface area contributed by atoms with Crippen LogP contribution in [-0.4, -0.2) is 82.1 Å². The number of nitrogens with one attached hydrogen (secondary N) is 3. The molecule has 1 aromatic heterocycles. The number of hydrogen-bond acceptors (Lipinski definition) is 8. The number of nitrogens with two attached hydrogens (primary N) is 1. The molecule has 3 aromatic carbocycles. The maximum Gasteiger partial charge on any atom is 0.254 e. The first-order valence-electron chi connectivity index (χ1n) is 16.6. The molecule has 0 spiro atoms. The third-order valence-electron chi connectivity index (χ3n) is 9.42. The number of tetrazole rings is 1. The number of hydrogen-bond donors (Lipinski definition) is 4. The second-order valence-corrected chi connectivity index (χ2v) is 12.7. The summed E-state index contributed by atoms with van der Waals surface area (Å²) in [7, 11) is 0. The summed E-state index contributed by atoms with van der Waals surface area (Å²) < 4.78 is 5.41. The van der Waals surface area contributed by atoms with Crippen LogP contribution in [0.5, 0.6) is 0 Å². The number of amides is 3. The molecule has 0 radical (unpaired) electrons. The summed E-state index contributed by atoms with van der Waals surface area (Å²) in [6.07, 6.45) is 3.62. The highest BCUT2D eigenvalue weighted by Gasteiger charge is 2.30. The summed E-state index contributed by atoms with van der Waals surface area (Å²) >= 11 is 0. The van der Waals surface area contributed by atoms with E-state index in [1.807, 2.05) is 66.4 Å². The zero-order valence-electron chi connectivity index (χ0n) is 27.6. The van der Waals surface area contributed by atoms with Gasteiger partial charge < -0.3 is 26.0 Å². The first-order chi connectivity index (χ1) is 23.4. The molecule has 49 heavy (non-hydrogen) atoms. The molecule has 0 unspecified atom stereocenters. The molecule has 1 saturated carbocycles. The van der Waals surface area contributed by atoms with E-state index < -0.39 is 6.04 Å². The van der Waals surface area contributed by atoms with Crippen molar-refractivity contribution in [2.75, 3.05) is 38.2 Å². The Labute approximate surface area is 292 Å². The smallest absolute Gasteiger partial charge is 0.254 e. The molecule has 5 N–H and O–H groups in total. The summed E-state index contributed by atoms with van der Waals surface area (Å²) in [6, 6.07) is 20.1. The number of morpholine rings is 1. The summed E-state index contributed by atoms with van der Waals surface area (Å²) in [4.78, 5) is 42.4. The van der Waals surface area contributed by atoms with Gasteiger partial charge in [0, 0.05) is 42.2 Å². The highest BCUT2D eigenvalue weighted by atomic mass is 35.5. The molecule has 4 aromatic rings. The maximum atomic E-state index is 13.8. The molecule has 1 atom stereocenters. The fourth-order valence-electron chi connectivity index (χ4n) is 6.49. The first kappa shape index (κ1) is 35.7. The number of carbonyl (C=O) groups excluding carboxylic acids is 3. The average molecular weight is 687 g/mol. The van der Waals surface area contributed by atoms with Crippen molar-refractivity contribution in [2.45, 2.75) is 45.1 Å². The average Bonchev–Trinajstić information content (AvgIpc) is 3.68. The molecule has 1 aliphatic heterocycles. The van der Waals surface area contributed by atoms with Crippen LogP contribution in [0.25, 0.3) is 22.5 Å². The largest absolute Gasteiger partial charge is 0.378 e. The molecule has 12 nitrogen and oxygen atoms in total. The molecule has 1 aliphatic carbocycles. The van der Waals surface area contributed by atoms with Crippen molar-refractivity contribution in [3.8, 4) is 22.5 Å². The van der Waals surface area contributed by atoms with Gasteiger partial charge in [-0.2, -0.15) is 0 Å². The predicted molar refractivity (Wildman–Crippen MR) is 189 cm³/mol. The van der Waals surface area contributed by atoms with Gasteiger partial charge in [-0.15, -0.1) is 17.5 Å². The number of benzene rings is 3. The van der Waals surface area contributed by atoms with Crippen molar-refractivity contribution in [1.29, 1.82) is 0 Å². The van der Waals surface area contributed by atoms with Gasteiger partial charge in [-0.25, -0.2) is 5.10 Å². The SMILES string of the molecule is Cc1ccc(C[C@H](NC(=O)[C@H]2CC[C@H](CN)CC2)C(=O)Nc2ccc(-c3nnn[nH]3)cc2)cc1-c1cccc(C(=O)N2CCOCC2)c1.Cl. The van der Waals surface area contributed by atoms with Gasteiger partial charge in [-0.3, -0.25) is 14.4 Å². The fourth-order valence-corrected chi connectivity index (χ4v) is 6.49. The molecule has 2 aliphatic rings. The Balaban J connectivity index is 0.00000468. The van der Waals surface area contributed by atoms with Crippen LogP contribution in [0, 0.1) is 18.8 Å². The zero-order valence-corrected chi connectivity index (χ0v) is 28.4. The first-order valence-corrected chi connectivity index (χ1v) is 16.6. The van der Waals surface area contributed by atoms with E-state index in [4.69, 9.17) is 10.5 Å². The summed E-state index contributed by atoms with van der Waals surface area (Å²) in [5.41, 5.74) is 11.7. The Bertz CT molecular complexity index is 1720. The number of aryl methyl sites for hydroxylation is 1. The second-order valence-electron chi connectivity index (χ2n) is 12.7. The lowest BCUT2D eigenvalue weighted by Gasteiger charge is -2.28. The molecule has 6 rings (SSSR count). The van der Waals surface area contributed by atoms with Crippen LogP contribution in [0.4, 0.5) is 5.69 Å². The zero-order chi connectivity index (χ0) is 33.5. The van der Waals surface area contributed by atoms with E-state index in [0.717, 1.165) is 53.5 Å². The van der Waals surface area contributed by atoms with Gasteiger partial charge in [-0.05, 0) is 114 Å². The minimum atomic E-state index is -0.812. The van der Waals surface area contributed by atoms with Gasteiger partial charge in [0.15, 0.2) is 5.82 Å². The number of H-pyrrole nitrogens is 1. The summed E-state index contributed by atoms with van der Waals surface area (Å²) in [5, 5.41) is 19.9. The van der Waals surface area contributed by atoms with E-state index in [-0.39, 0.29) is 42.5 Å². The Morgan fingerprint density at radius 1 is 0.980 bits per heavy atom. The van der Waals surface area contributed by atoms with E-state index in [2.05, 4.69) is 31.3 Å². The van der Waals surface area contributed by atoms with Crippen molar-refractivity contribution in [3.63, 3.8) is 0 Å². The van der Waals surface area contributed by atoms with E-state index in [9.17, 15) is 14.4 Å². The number of rotatable bonds is 10. The number of carbonyl (C=O) groups is 3. The lowest BCUT2D eigenvalue weighted by molar-refractivity contribution is -0.130. The van der Waals surface area contributed by atoms with Crippen molar-refractivity contribution < 1.29 is 19.1 Å². The number of aromatic amines is 1. The molecule has 258 valence electrons. The predicted octanol–water partition coefficient (Wildman–Crippen LogP) is 4.17. The van der Waals surface area contributed by atoms with Crippen molar-refractivity contribution in [1.82, 2.24) is 30.8 Å². The quantitative estimate of drug-likeness (QED) is 0.193. The summed E-state index contributed by atoms with van der Waals surface area (Å²) in [5.74, 6) is 0.373. The minimum absolute atomic E-state index is 0. The van der Waals surface area contributed by atoms with Crippen LogP contribution in [0.2, 0.25) is 0 Å². The van der Waals surface area contributed by atoms with Crippen LogP contribution >= 0.6 is 12.4 Å². The third-order valence-corrected chi connectivity index (χ3v) is 9.42. The van der Waals surface area contributed by atoms with Gasteiger partial charge in [0.05, 0.1) is 13.2 Å². The molecule has 0 bridgehead atoms. The highest BCUT2D eigenvalue weighted by molar-refractivity contribution is 5.98. The molecular formula is C36H43ClN8O4. The molecule has 3 amide bonds. The maximum absolute atomic E-state index is 13.8. The number of aromatic nitrogens is 4. The van der Waals surface area contributed by atoms with Crippen LogP contribution in [0.1, 0.15) is 47.2 Å². The van der Waals surface area contributed by atoms with Gasteiger partial charge in [-0.1, -0.05) is 30.3 Å². The van der Waals surface area contributed by atoms with E-state index >= 15 is 0 Å². The highest BCUT2D eigenvalue weighted by Crippen LogP contribution is 2.29. The van der Waals surface area contributed by atoms with Crippen LogP contribution in [-0.2, 0) is 20.7 Å². The van der Waals surface area contributed by atoms with Gasteiger partial charge in [0.1, 0.15) is 6.04 Å². The monoisotopic (exact) mass is 686 g/mol. The standard InChI is InChI=1S/C36H42N8O4.ClH/c1-23-5-6-25(19-31(23)28-3-2-4-29(21-28)36(47)44-15-17-48-18-16-44)20-32(39-34(45)27-9-7-24(22-37)8-10-27)35(46)38-30-13-11-26(12-14-30)33-40-42-43-41-33;/h2-6,11-14,19,21,24,27,32H,7-10,15-18,20,22,37H2,1H3,(H,38,46)(H,39,45)(H,40,41,42,43);1H/t24-,27-,32-;/m0./s1. The molecular weight excluding hydrogens is 644 g/mol. The number of halogens is 1. The topological polar surface area (TPSA) is 168 Å². The Morgan fingerprint density at radius 3 is 2.43 bits per heavy atom. The lowest BCUT2D eigenvalue weighted by Crippen LogP contribution is -2.48. The van der Waals surface area contributed by atoms with Crippen LogP contribution in [0.15, 0.2) is 66.7 Å². The number of nitrogens with zero attached hydrogens (tertiary/aromatic N) is 4. The Kier molecular flexibility index (Phi) is 12.1. The number of ether oxygens (including phenoxy) is 1. The fraction of sp³-hybridized carbons (Fsp3) is 0.389. The number of anilines is 1. The van der Waals surface area contributed by atoms with Crippen LogP contribution in [0.3, 0.4) is 0 Å². The Hall–Kier alpha value is -4.65. The Morgan fingerprint density at radius 2 is 1.73 bits per heavy atom. The molecule has 1 saturated heterocycles. The van der Waals surface area contributed by atoms with E-state index in [1.165, 1.54) is 0 Å². The van der Waals surface area contributed by atoms with E-state index in [0.29, 0.717) is 55.8 Å². The van der Waals surface area contributed by atoms with Crippen molar-refractivity contribution in [3.05, 3.63) is 83.4 Å². The molecule has 2 fully saturated rings. The van der Waals surface area contributed by atoms with E-state index in [1.54, 1.807) is 12.1 Å². The van der Waals surface area contributed by atoms with Gasteiger partial charge in [0.2, 0.25) is 11.8 Å². The minimum Gasteiger partial charge on any atom is -0.378 e. The third kappa shape index (κ3) is 8.88. The summed E-state index contributed by atoms with van der Waals surface area (Å²) in [6.45, 7) is 4.88. The normalized spacial score (nSPS) is 18.2. The van der Waals surface area contributed by atoms with Crippen molar-refractivity contribution >= 4 is 35.8 Å². The van der Waals surface area contributed by atoms with Gasteiger partial charge in [0.25, 0.3) is 5.91 Å². The van der Waals surface area contributed by atoms with Gasteiger partial charge >= 0.3 is 0 Å². The molecule has 2 heterocycles.